The first-order valence-corrected chi connectivity index (χ1v) is 11.8. The summed E-state index contributed by atoms with van der Waals surface area (Å²) < 4.78 is 46.7. The third kappa shape index (κ3) is 5.73. The predicted octanol–water partition coefficient (Wildman–Crippen LogP) is 5.17. The van der Waals surface area contributed by atoms with Crippen LogP contribution in [0.4, 0.5) is 18.9 Å². The van der Waals surface area contributed by atoms with Crippen LogP contribution in [0.1, 0.15) is 54.5 Å². The van der Waals surface area contributed by atoms with E-state index < -0.39 is 17.8 Å². The van der Waals surface area contributed by atoms with Crippen LogP contribution in [0.15, 0.2) is 48.5 Å². The Morgan fingerprint density at radius 3 is 2.62 bits per heavy atom. The highest BCUT2D eigenvalue weighted by Gasteiger charge is 2.43. The minimum atomic E-state index is -4.42. The highest BCUT2D eigenvalue weighted by atomic mass is 19.4. The fraction of sp³-hybridized carbons (Fsp3) is 0.500. The van der Waals surface area contributed by atoms with Crippen molar-refractivity contribution >= 4 is 11.6 Å². The second kappa shape index (κ2) is 10.4. The third-order valence-electron chi connectivity index (χ3n) is 6.67. The lowest BCUT2D eigenvalue weighted by atomic mass is 9.76. The Kier molecular flexibility index (Phi) is 7.48. The lowest BCUT2D eigenvalue weighted by Gasteiger charge is -2.46. The van der Waals surface area contributed by atoms with E-state index in [9.17, 15) is 18.0 Å². The lowest BCUT2D eigenvalue weighted by Crippen LogP contribution is -2.43. The van der Waals surface area contributed by atoms with Gasteiger partial charge in [-0.1, -0.05) is 30.3 Å². The molecule has 2 heterocycles. The van der Waals surface area contributed by atoms with E-state index in [1.165, 1.54) is 12.1 Å². The van der Waals surface area contributed by atoms with Gasteiger partial charge < -0.3 is 20.3 Å². The number of halogens is 3. The Hall–Kier alpha value is -2.58. The van der Waals surface area contributed by atoms with Gasteiger partial charge in [0.15, 0.2) is 0 Å². The zero-order valence-corrected chi connectivity index (χ0v) is 19.6. The first kappa shape index (κ1) is 24.5. The molecule has 0 saturated carbocycles. The van der Waals surface area contributed by atoms with Crippen molar-refractivity contribution in [1.82, 2.24) is 10.2 Å². The van der Waals surface area contributed by atoms with Gasteiger partial charge in [0.2, 0.25) is 5.91 Å². The summed E-state index contributed by atoms with van der Waals surface area (Å²) in [6.07, 6.45) is -2.41. The second-order valence-corrected chi connectivity index (χ2v) is 9.46. The topological polar surface area (TPSA) is 53.6 Å². The van der Waals surface area contributed by atoms with Crippen molar-refractivity contribution in [3.8, 4) is 0 Å². The number of alkyl halides is 3. The van der Waals surface area contributed by atoms with E-state index in [0.29, 0.717) is 24.2 Å². The van der Waals surface area contributed by atoms with Crippen molar-refractivity contribution in [2.75, 3.05) is 32.5 Å². The fourth-order valence-electron chi connectivity index (χ4n) is 4.94. The highest BCUT2D eigenvalue weighted by Crippen LogP contribution is 2.51. The van der Waals surface area contributed by atoms with Gasteiger partial charge in [-0.25, -0.2) is 0 Å². The minimum absolute atomic E-state index is 0.00886. The van der Waals surface area contributed by atoms with Gasteiger partial charge in [-0.05, 0) is 63.7 Å². The van der Waals surface area contributed by atoms with Crippen LogP contribution in [0.5, 0.6) is 0 Å². The Balaban J connectivity index is 1.52. The molecule has 1 fully saturated rings. The Bertz CT molecular complexity index is 981. The first-order valence-electron chi connectivity index (χ1n) is 11.8. The van der Waals surface area contributed by atoms with E-state index in [0.717, 1.165) is 37.4 Å². The molecule has 2 aliphatic heterocycles. The van der Waals surface area contributed by atoms with Gasteiger partial charge in [0, 0.05) is 30.1 Å². The molecule has 8 heteroatoms. The Labute approximate surface area is 198 Å². The van der Waals surface area contributed by atoms with Gasteiger partial charge in [0.25, 0.3) is 0 Å². The van der Waals surface area contributed by atoms with Crippen LogP contribution in [-0.2, 0) is 15.7 Å². The maximum atomic E-state index is 13.4. The Morgan fingerprint density at radius 2 is 1.91 bits per heavy atom. The van der Waals surface area contributed by atoms with Crippen molar-refractivity contribution in [3.05, 3.63) is 65.2 Å². The van der Waals surface area contributed by atoms with Crippen LogP contribution < -0.4 is 10.6 Å². The molecule has 2 N–H and O–H groups in total. The van der Waals surface area contributed by atoms with E-state index in [4.69, 9.17) is 4.74 Å². The average molecular weight is 476 g/mol. The van der Waals surface area contributed by atoms with Gasteiger partial charge in [0.1, 0.15) is 0 Å². The van der Waals surface area contributed by atoms with Crippen LogP contribution in [0.25, 0.3) is 0 Å². The molecular formula is C26H32F3N3O2. The molecule has 1 amide bonds. The normalized spacial score (nSPS) is 24.2. The molecule has 4 atom stereocenters. The average Bonchev–Trinajstić information content (AvgIpc) is 2.81. The van der Waals surface area contributed by atoms with E-state index in [2.05, 4.69) is 10.6 Å². The van der Waals surface area contributed by atoms with Crippen molar-refractivity contribution in [1.29, 1.82) is 0 Å². The summed E-state index contributed by atoms with van der Waals surface area (Å²) in [4.78, 5) is 14.3. The van der Waals surface area contributed by atoms with E-state index in [1.54, 1.807) is 0 Å². The number of carbonyl (C=O) groups is 1. The zero-order valence-electron chi connectivity index (χ0n) is 19.6. The van der Waals surface area contributed by atoms with E-state index in [-0.39, 0.29) is 24.0 Å². The fourth-order valence-corrected chi connectivity index (χ4v) is 4.94. The summed E-state index contributed by atoms with van der Waals surface area (Å²) >= 11 is 0. The smallest absolute Gasteiger partial charge is 0.378 e. The molecule has 0 radical (unpaired) electrons. The number of rotatable bonds is 7. The number of ether oxygens (including phenoxy) is 1. The quantitative estimate of drug-likeness (QED) is 0.581. The predicted molar refractivity (Wildman–Crippen MR) is 125 cm³/mol. The summed E-state index contributed by atoms with van der Waals surface area (Å²) in [5.74, 6) is -0.0368. The molecule has 0 aromatic heterocycles. The monoisotopic (exact) mass is 475 g/mol. The van der Waals surface area contributed by atoms with Crippen LogP contribution in [0.2, 0.25) is 0 Å². The molecule has 2 aromatic carbocycles. The summed E-state index contributed by atoms with van der Waals surface area (Å²) in [6, 6.07) is 13.7. The lowest BCUT2D eigenvalue weighted by molar-refractivity contribution is -0.138. The number of hydrogen-bond donors (Lipinski definition) is 2. The second-order valence-electron chi connectivity index (χ2n) is 9.46. The summed E-state index contributed by atoms with van der Waals surface area (Å²) in [6.45, 7) is 1.20. The number of carbonyl (C=O) groups excluding carboxylic acids is 1. The molecule has 0 unspecified atom stereocenters. The molecule has 2 aromatic rings. The number of hydrogen-bond acceptors (Lipinski definition) is 4. The maximum Gasteiger partial charge on any atom is 0.416 e. The number of amides is 1. The highest BCUT2D eigenvalue weighted by molar-refractivity contribution is 5.75. The van der Waals surface area contributed by atoms with Crippen LogP contribution in [0, 0.1) is 5.92 Å². The van der Waals surface area contributed by atoms with Crippen molar-refractivity contribution in [2.24, 2.45) is 5.92 Å². The summed E-state index contributed by atoms with van der Waals surface area (Å²) in [5.41, 5.74) is 1.61. The Morgan fingerprint density at radius 1 is 1.15 bits per heavy atom. The summed E-state index contributed by atoms with van der Waals surface area (Å²) in [5, 5.41) is 6.41. The zero-order chi connectivity index (χ0) is 24.3. The number of fused-ring (bicyclic) bond motifs is 3. The number of nitrogens with zero attached hydrogens (tertiary/aromatic N) is 1. The largest absolute Gasteiger partial charge is 0.416 e. The van der Waals surface area contributed by atoms with Gasteiger partial charge >= 0.3 is 6.18 Å². The molecular weight excluding hydrogens is 443 g/mol. The van der Waals surface area contributed by atoms with Gasteiger partial charge in [-0.3, -0.25) is 4.79 Å². The van der Waals surface area contributed by atoms with E-state index in [1.807, 2.05) is 49.3 Å². The van der Waals surface area contributed by atoms with Crippen molar-refractivity contribution < 1.29 is 22.7 Å². The SMILES string of the molecule is CN(C)CCCC(=O)NC[C@H]1CC[C@@H]2[C@H](O1)c1cc(C(F)(F)F)ccc1N[C@H]2c1ccccc1. The molecule has 1 saturated heterocycles. The number of nitrogens with one attached hydrogen (secondary N) is 2. The van der Waals surface area contributed by atoms with E-state index >= 15 is 0 Å². The number of benzene rings is 2. The molecule has 34 heavy (non-hydrogen) atoms. The van der Waals surface area contributed by atoms with Crippen LogP contribution in [-0.4, -0.2) is 44.1 Å². The molecule has 0 spiro atoms. The summed E-state index contributed by atoms with van der Waals surface area (Å²) in [7, 11) is 3.93. The molecule has 0 aliphatic carbocycles. The van der Waals surface area contributed by atoms with Gasteiger partial charge in [-0.2, -0.15) is 13.2 Å². The third-order valence-corrected chi connectivity index (χ3v) is 6.67. The number of anilines is 1. The first-order chi connectivity index (χ1) is 16.2. The van der Waals surface area contributed by atoms with Crippen LogP contribution >= 0.6 is 0 Å². The molecule has 5 nitrogen and oxygen atoms in total. The molecule has 4 rings (SSSR count). The maximum absolute atomic E-state index is 13.4. The molecule has 184 valence electrons. The van der Waals surface area contributed by atoms with Crippen LogP contribution in [0.3, 0.4) is 0 Å². The molecule has 2 aliphatic rings. The standard InChI is InChI=1S/C26H32F3N3O2/c1-32(2)14-6-9-23(33)30-16-19-11-12-20-24(17-7-4-3-5-8-17)31-22-13-10-18(26(27,28)29)15-21(22)25(20)34-19/h3-5,7-8,10,13,15,19-20,24-25,31H,6,9,11-12,14,16H2,1-2H3,(H,30,33)/t19-,20+,24+,25+/m1/s1. The van der Waals surface area contributed by atoms with Crippen molar-refractivity contribution in [3.63, 3.8) is 0 Å². The minimum Gasteiger partial charge on any atom is -0.378 e. The van der Waals surface area contributed by atoms with Crippen molar-refractivity contribution in [2.45, 2.75) is 50.1 Å². The van der Waals surface area contributed by atoms with Gasteiger partial charge in [0.05, 0.1) is 23.8 Å². The van der Waals surface area contributed by atoms with Gasteiger partial charge in [-0.15, -0.1) is 0 Å². The molecule has 0 bridgehead atoms.